The van der Waals surface area contributed by atoms with Crippen LogP contribution in [0.25, 0.3) is 11.3 Å². The predicted molar refractivity (Wildman–Crippen MR) is 107 cm³/mol. The first kappa shape index (κ1) is 18.7. The summed E-state index contributed by atoms with van der Waals surface area (Å²) in [7, 11) is 0. The van der Waals surface area contributed by atoms with E-state index in [-0.39, 0.29) is 11.8 Å². The Balaban J connectivity index is 1.36. The van der Waals surface area contributed by atoms with Crippen molar-refractivity contribution in [2.75, 3.05) is 31.1 Å². The van der Waals surface area contributed by atoms with Crippen LogP contribution in [0.2, 0.25) is 0 Å². The maximum Gasteiger partial charge on any atom is 0.317 e. The molecule has 1 aliphatic carbocycles. The maximum absolute atomic E-state index is 13.5. The fourth-order valence-electron chi connectivity index (χ4n) is 3.98. The minimum absolute atomic E-state index is 0.0506. The van der Waals surface area contributed by atoms with Gasteiger partial charge < -0.3 is 15.1 Å². The van der Waals surface area contributed by atoms with Crippen LogP contribution >= 0.6 is 0 Å². The number of nitrogens with one attached hydrogen (secondary N) is 1. The molecule has 2 heterocycles. The summed E-state index contributed by atoms with van der Waals surface area (Å²) in [5.41, 5.74) is 1.43. The van der Waals surface area contributed by atoms with Crippen LogP contribution in [0.4, 0.5) is 15.0 Å². The van der Waals surface area contributed by atoms with Crippen LogP contribution in [0.5, 0.6) is 0 Å². The predicted octanol–water partition coefficient (Wildman–Crippen LogP) is 3.45. The third-order valence-corrected chi connectivity index (χ3v) is 5.60. The van der Waals surface area contributed by atoms with Gasteiger partial charge in [0.2, 0.25) is 0 Å². The summed E-state index contributed by atoms with van der Waals surface area (Å²) in [4.78, 5) is 25.2. The van der Waals surface area contributed by atoms with Crippen molar-refractivity contribution >= 4 is 11.8 Å². The second kappa shape index (κ2) is 8.54. The Morgan fingerprint density at radius 3 is 2.57 bits per heavy atom. The van der Waals surface area contributed by atoms with E-state index in [9.17, 15) is 9.18 Å². The molecule has 0 radical (unpaired) electrons. The van der Waals surface area contributed by atoms with E-state index in [0.29, 0.717) is 24.8 Å². The Kier molecular flexibility index (Phi) is 5.69. The molecule has 1 aromatic carbocycles. The molecular weight excluding hydrogens is 357 g/mol. The van der Waals surface area contributed by atoms with E-state index in [1.165, 1.54) is 37.7 Å². The smallest absolute Gasteiger partial charge is 0.317 e. The van der Waals surface area contributed by atoms with Crippen LogP contribution in [0, 0.1) is 5.82 Å². The summed E-state index contributed by atoms with van der Waals surface area (Å²) in [6.07, 6.45) is 7.39. The molecule has 7 heteroatoms. The van der Waals surface area contributed by atoms with Gasteiger partial charge in [0.1, 0.15) is 18.0 Å². The molecular formula is C21H26FN5O. The number of aromatic nitrogens is 2. The van der Waals surface area contributed by atoms with Crippen molar-refractivity contribution < 1.29 is 9.18 Å². The lowest BCUT2D eigenvalue weighted by Crippen LogP contribution is -2.53. The molecule has 1 aliphatic heterocycles. The summed E-state index contributed by atoms with van der Waals surface area (Å²) in [5, 5.41) is 3.19. The zero-order valence-electron chi connectivity index (χ0n) is 16.0. The molecule has 2 amide bonds. The molecule has 1 saturated carbocycles. The average Bonchev–Trinajstić information content (AvgIpc) is 2.75. The van der Waals surface area contributed by atoms with Gasteiger partial charge in [-0.2, -0.15) is 0 Å². The highest BCUT2D eigenvalue weighted by Gasteiger charge is 2.24. The average molecular weight is 383 g/mol. The number of hydrogen-bond donors (Lipinski definition) is 1. The van der Waals surface area contributed by atoms with Gasteiger partial charge in [-0.3, -0.25) is 0 Å². The second-order valence-electron chi connectivity index (χ2n) is 7.53. The Morgan fingerprint density at radius 2 is 1.82 bits per heavy atom. The number of amides is 2. The van der Waals surface area contributed by atoms with Crippen molar-refractivity contribution in [2.24, 2.45) is 0 Å². The van der Waals surface area contributed by atoms with Crippen molar-refractivity contribution in [1.82, 2.24) is 20.2 Å². The third-order valence-electron chi connectivity index (χ3n) is 5.60. The van der Waals surface area contributed by atoms with E-state index in [1.54, 1.807) is 6.07 Å². The standard InChI is InChI=1S/C21H26FN5O/c22-17-6-4-5-16(13-17)19-14-20(24-15-23-19)26-9-11-27(12-10-26)21(28)25-18-7-2-1-3-8-18/h4-6,13-15,18H,1-3,7-12H2,(H,25,28). The molecule has 6 nitrogen and oxygen atoms in total. The van der Waals surface area contributed by atoms with Gasteiger partial charge in [-0.05, 0) is 25.0 Å². The number of carbonyl (C=O) groups excluding carboxylic acids is 1. The van der Waals surface area contributed by atoms with Gasteiger partial charge in [-0.25, -0.2) is 19.2 Å². The molecule has 28 heavy (non-hydrogen) atoms. The first-order valence-corrected chi connectivity index (χ1v) is 10.1. The lowest BCUT2D eigenvalue weighted by atomic mass is 9.96. The molecule has 148 valence electrons. The monoisotopic (exact) mass is 383 g/mol. The quantitative estimate of drug-likeness (QED) is 0.882. The van der Waals surface area contributed by atoms with E-state index >= 15 is 0 Å². The summed E-state index contributed by atoms with van der Waals surface area (Å²) in [6, 6.07) is 8.67. The molecule has 2 aromatic rings. The van der Waals surface area contributed by atoms with Crippen molar-refractivity contribution in [2.45, 2.75) is 38.1 Å². The summed E-state index contributed by atoms with van der Waals surface area (Å²) < 4.78 is 13.5. The zero-order valence-corrected chi connectivity index (χ0v) is 16.0. The van der Waals surface area contributed by atoms with Gasteiger partial charge in [0.15, 0.2) is 0 Å². The highest BCUT2D eigenvalue weighted by molar-refractivity contribution is 5.75. The Hall–Kier alpha value is -2.70. The Labute approximate surface area is 164 Å². The van der Waals surface area contributed by atoms with Gasteiger partial charge in [0.05, 0.1) is 5.69 Å². The van der Waals surface area contributed by atoms with Crippen LogP contribution in [0.15, 0.2) is 36.7 Å². The third kappa shape index (κ3) is 4.40. The molecule has 0 unspecified atom stereocenters. The maximum atomic E-state index is 13.5. The van der Waals surface area contributed by atoms with Crippen molar-refractivity contribution in [1.29, 1.82) is 0 Å². The minimum Gasteiger partial charge on any atom is -0.353 e. The van der Waals surface area contributed by atoms with Crippen LogP contribution in [0.1, 0.15) is 32.1 Å². The molecule has 1 N–H and O–H groups in total. The van der Waals surface area contributed by atoms with Crippen molar-refractivity contribution in [3.8, 4) is 11.3 Å². The van der Waals surface area contributed by atoms with Crippen LogP contribution < -0.4 is 10.2 Å². The van der Waals surface area contributed by atoms with E-state index in [4.69, 9.17) is 0 Å². The van der Waals surface area contributed by atoms with E-state index in [0.717, 1.165) is 37.3 Å². The van der Waals surface area contributed by atoms with Crippen molar-refractivity contribution in [3.05, 3.63) is 42.5 Å². The number of piperazine rings is 1. The number of halogens is 1. The van der Waals surface area contributed by atoms with Crippen LogP contribution in [-0.2, 0) is 0 Å². The largest absolute Gasteiger partial charge is 0.353 e. The fraction of sp³-hybridized carbons (Fsp3) is 0.476. The van der Waals surface area contributed by atoms with E-state index in [2.05, 4.69) is 20.2 Å². The number of rotatable bonds is 3. The molecule has 1 saturated heterocycles. The summed E-state index contributed by atoms with van der Waals surface area (Å²) in [6.45, 7) is 2.77. The molecule has 0 spiro atoms. The van der Waals surface area contributed by atoms with Crippen molar-refractivity contribution in [3.63, 3.8) is 0 Å². The van der Waals surface area contributed by atoms with E-state index in [1.807, 2.05) is 17.0 Å². The molecule has 2 aliphatic rings. The SMILES string of the molecule is O=C(NC1CCCCC1)N1CCN(c2cc(-c3cccc(F)c3)ncn2)CC1. The number of carbonyl (C=O) groups is 1. The molecule has 0 atom stereocenters. The topological polar surface area (TPSA) is 61.4 Å². The second-order valence-corrected chi connectivity index (χ2v) is 7.53. The Morgan fingerprint density at radius 1 is 1.04 bits per heavy atom. The first-order chi connectivity index (χ1) is 13.7. The van der Waals surface area contributed by atoms with Crippen LogP contribution in [-0.4, -0.2) is 53.1 Å². The Bertz CT molecular complexity index is 816. The highest BCUT2D eigenvalue weighted by atomic mass is 19.1. The highest BCUT2D eigenvalue weighted by Crippen LogP contribution is 2.22. The lowest BCUT2D eigenvalue weighted by molar-refractivity contribution is 0.186. The number of nitrogens with zero attached hydrogens (tertiary/aromatic N) is 4. The summed E-state index contributed by atoms with van der Waals surface area (Å²) in [5.74, 6) is 0.525. The van der Waals surface area contributed by atoms with Gasteiger partial charge in [-0.15, -0.1) is 0 Å². The number of urea groups is 1. The number of hydrogen-bond acceptors (Lipinski definition) is 4. The number of anilines is 1. The van der Waals surface area contributed by atoms with Gasteiger partial charge >= 0.3 is 6.03 Å². The molecule has 1 aromatic heterocycles. The van der Waals surface area contributed by atoms with Crippen LogP contribution in [0.3, 0.4) is 0 Å². The van der Waals surface area contributed by atoms with Gasteiger partial charge in [0, 0.05) is 43.9 Å². The van der Waals surface area contributed by atoms with Gasteiger partial charge in [0.25, 0.3) is 0 Å². The fourth-order valence-corrected chi connectivity index (χ4v) is 3.98. The molecule has 4 rings (SSSR count). The zero-order chi connectivity index (χ0) is 19.3. The van der Waals surface area contributed by atoms with Gasteiger partial charge in [-0.1, -0.05) is 31.4 Å². The molecule has 2 fully saturated rings. The summed E-state index contributed by atoms with van der Waals surface area (Å²) >= 11 is 0. The lowest BCUT2D eigenvalue weighted by Gasteiger charge is -2.36. The first-order valence-electron chi connectivity index (χ1n) is 10.1. The molecule has 0 bridgehead atoms. The van der Waals surface area contributed by atoms with E-state index < -0.39 is 0 Å². The number of benzene rings is 1. The minimum atomic E-state index is -0.282. The normalized spacial score (nSPS) is 18.2.